The molecule has 1 N–H and O–H groups in total. The fourth-order valence-corrected chi connectivity index (χ4v) is 0. The third kappa shape index (κ3) is 7.46. The zero-order chi connectivity index (χ0) is 5.15. The number of hydrogen-bond acceptors (Lipinski definition) is 2. The molecule has 0 bridgehead atoms. The number of rotatable bonds is 1. The fourth-order valence-electron chi connectivity index (χ4n) is 0. The van der Waals surface area contributed by atoms with Crippen molar-refractivity contribution in [3.63, 3.8) is 0 Å². The average Bonchev–Trinajstić information content (AvgIpc) is 1.36. The molecule has 0 aromatic heterocycles. The van der Waals surface area contributed by atoms with E-state index in [1.54, 1.807) is 0 Å². The van der Waals surface area contributed by atoms with Crippen LogP contribution in [0.3, 0.4) is 0 Å². The Morgan fingerprint density at radius 2 is 2.00 bits per heavy atom. The van der Waals surface area contributed by atoms with Gasteiger partial charge in [-0.2, -0.15) is 12.6 Å². The maximum atomic E-state index is 9.62. The van der Waals surface area contributed by atoms with E-state index in [-0.39, 0.29) is 51.4 Å². The van der Waals surface area contributed by atoms with Crippen LogP contribution in [0, 0.1) is 0 Å². The van der Waals surface area contributed by atoms with Crippen LogP contribution in [0.2, 0.25) is 0 Å². The number of carboxylic acids is 1. The van der Waals surface area contributed by atoms with Gasteiger partial charge in [-0.15, -0.1) is 0 Å². The normalized spacial score (nSPS) is 11.7. The molecule has 0 rings (SSSR count). The summed E-state index contributed by atoms with van der Waals surface area (Å²) in [6, 6.07) is 0. The number of hydrogen-bond donors (Lipinski definition) is 2. The van der Waals surface area contributed by atoms with Crippen molar-refractivity contribution in [2.75, 3.05) is 0 Å². The molecule has 0 heterocycles. The molecular formula is C3H7KO2S. The minimum absolute atomic E-state index is 0. The summed E-state index contributed by atoms with van der Waals surface area (Å²) in [6.07, 6.45) is 0. The zero-order valence-corrected chi connectivity index (χ0v) is 4.27. The third-order valence-electron chi connectivity index (χ3n) is 0.357. The first-order chi connectivity index (χ1) is 2.64. The van der Waals surface area contributed by atoms with E-state index in [9.17, 15) is 4.79 Å². The Hall–Kier alpha value is 1.46. The molecular weight excluding hydrogens is 139 g/mol. The monoisotopic (exact) mass is 146 g/mol. The molecule has 4 heteroatoms. The summed E-state index contributed by atoms with van der Waals surface area (Å²) < 4.78 is 0. The molecule has 0 aromatic carbocycles. The van der Waals surface area contributed by atoms with E-state index in [1.807, 2.05) is 0 Å². The Balaban J connectivity index is 0. The van der Waals surface area contributed by atoms with E-state index in [1.165, 1.54) is 6.92 Å². The molecule has 1 atom stereocenters. The van der Waals surface area contributed by atoms with Crippen LogP contribution in [-0.4, -0.2) is 67.7 Å². The van der Waals surface area contributed by atoms with Crippen LogP contribution < -0.4 is 0 Å². The van der Waals surface area contributed by atoms with Crippen LogP contribution in [0.15, 0.2) is 0 Å². The van der Waals surface area contributed by atoms with Gasteiger partial charge >= 0.3 is 57.4 Å². The Labute approximate surface area is 90.5 Å². The predicted molar refractivity (Wildman–Crippen MR) is 33.2 cm³/mol. The first-order valence-corrected chi connectivity index (χ1v) is 2.07. The standard InChI is InChI=1S/C3H6O2S.K.H/c1-2(6)3(4)5;;/h2,6H,1H3,(H,4,5);;. The molecule has 0 spiro atoms. The second-order valence-corrected chi connectivity index (χ2v) is 1.79. The van der Waals surface area contributed by atoms with Crippen molar-refractivity contribution in [3.05, 3.63) is 0 Å². The first kappa shape index (κ1) is 11.3. The van der Waals surface area contributed by atoms with Gasteiger partial charge in [0.15, 0.2) is 0 Å². The molecule has 0 radical (unpaired) electrons. The van der Waals surface area contributed by atoms with Crippen LogP contribution in [0.1, 0.15) is 6.92 Å². The van der Waals surface area contributed by atoms with Crippen molar-refractivity contribution in [1.29, 1.82) is 0 Å². The van der Waals surface area contributed by atoms with Crippen LogP contribution in [-0.2, 0) is 4.79 Å². The zero-order valence-electron chi connectivity index (χ0n) is 3.38. The van der Waals surface area contributed by atoms with Gasteiger partial charge in [0.05, 0.1) is 5.25 Å². The quantitative estimate of drug-likeness (QED) is 0.395. The van der Waals surface area contributed by atoms with Gasteiger partial charge in [-0.3, -0.25) is 4.79 Å². The SMILES string of the molecule is CC(S)C(=O)O.[KH]. The third-order valence-corrected chi connectivity index (χ3v) is 0.578. The van der Waals surface area contributed by atoms with Gasteiger partial charge in [-0.1, -0.05) is 0 Å². The molecule has 0 aromatic rings. The second-order valence-electron chi connectivity index (χ2n) is 1.01. The number of carboxylic acid groups (broad SMARTS) is 1. The van der Waals surface area contributed by atoms with Gasteiger partial charge in [-0.25, -0.2) is 0 Å². The molecule has 38 valence electrons. The topological polar surface area (TPSA) is 37.3 Å². The van der Waals surface area contributed by atoms with E-state index in [2.05, 4.69) is 12.6 Å². The van der Waals surface area contributed by atoms with Gasteiger partial charge in [0.2, 0.25) is 0 Å². The molecule has 0 aliphatic rings. The van der Waals surface area contributed by atoms with Crippen LogP contribution in [0.25, 0.3) is 0 Å². The minimum atomic E-state index is -0.877. The van der Waals surface area contributed by atoms with E-state index < -0.39 is 11.2 Å². The molecule has 7 heavy (non-hydrogen) atoms. The van der Waals surface area contributed by atoms with E-state index >= 15 is 0 Å². The Bertz CT molecular complexity index is 64.0. The van der Waals surface area contributed by atoms with Crippen molar-refractivity contribution in [2.24, 2.45) is 0 Å². The van der Waals surface area contributed by atoms with Crippen molar-refractivity contribution in [2.45, 2.75) is 12.2 Å². The second kappa shape index (κ2) is 5.59. The molecule has 0 aliphatic heterocycles. The fraction of sp³-hybridized carbons (Fsp3) is 0.667. The summed E-state index contributed by atoms with van der Waals surface area (Å²) >= 11 is 3.59. The summed E-state index contributed by atoms with van der Waals surface area (Å²) in [4.78, 5) is 9.62. The molecule has 2 nitrogen and oxygen atoms in total. The van der Waals surface area contributed by atoms with E-state index in [4.69, 9.17) is 5.11 Å². The van der Waals surface area contributed by atoms with Crippen LogP contribution in [0.4, 0.5) is 0 Å². The van der Waals surface area contributed by atoms with Gasteiger partial charge < -0.3 is 5.11 Å². The van der Waals surface area contributed by atoms with Gasteiger partial charge in [0, 0.05) is 0 Å². The Morgan fingerprint density at radius 1 is 1.86 bits per heavy atom. The first-order valence-electron chi connectivity index (χ1n) is 1.55. The molecule has 0 saturated carbocycles. The van der Waals surface area contributed by atoms with Crippen molar-refractivity contribution in [3.8, 4) is 0 Å². The van der Waals surface area contributed by atoms with Crippen molar-refractivity contribution in [1.82, 2.24) is 0 Å². The number of thiol groups is 1. The van der Waals surface area contributed by atoms with Crippen molar-refractivity contribution >= 4 is 70.0 Å². The Kier molecular flexibility index (Phi) is 9.01. The molecule has 0 aliphatic carbocycles. The summed E-state index contributed by atoms with van der Waals surface area (Å²) in [5.74, 6) is -0.877. The molecule has 0 amide bonds. The average molecular weight is 146 g/mol. The van der Waals surface area contributed by atoms with E-state index in [0.717, 1.165) is 0 Å². The van der Waals surface area contributed by atoms with Crippen LogP contribution in [0.5, 0.6) is 0 Å². The number of carbonyl (C=O) groups is 1. The van der Waals surface area contributed by atoms with Crippen LogP contribution >= 0.6 is 12.6 Å². The molecule has 1 unspecified atom stereocenters. The summed E-state index contributed by atoms with van der Waals surface area (Å²) in [5.41, 5.74) is 0. The predicted octanol–water partition coefficient (Wildman–Crippen LogP) is -0.259. The number of aliphatic carboxylic acids is 1. The molecule has 0 saturated heterocycles. The Morgan fingerprint density at radius 3 is 2.00 bits per heavy atom. The van der Waals surface area contributed by atoms with Gasteiger partial charge in [-0.05, 0) is 6.92 Å². The molecule has 0 fully saturated rings. The van der Waals surface area contributed by atoms with Gasteiger partial charge in [0.25, 0.3) is 0 Å². The van der Waals surface area contributed by atoms with E-state index in [0.29, 0.717) is 0 Å². The summed E-state index contributed by atoms with van der Waals surface area (Å²) in [6.45, 7) is 1.51. The van der Waals surface area contributed by atoms with Crippen molar-refractivity contribution < 1.29 is 9.90 Å². The maximum absolute atomic E-state index is 9.62. The summed E-state index contributed by atoms with van der Waals surface area (Å²) in [7, 11) is 0. The van der Waals surface area contributed by atoms with Gasteiger partial charge in [0.1, 0.15) is 0 Å². The summed E-state index contributed by atoms with van der Waals surface area (Å²) in [5, 5.41) is 7.38.